The monoisotopic (exact) mass is 344 g/mol. The lowest BCUT2D eigenvalue weighted by Gasteiger charge is -2.18. The van der Waals surface area contributed by atoms with Gasteiger partial charge in [-0.3, -0.25) is 9.59 Å². The zero-order valence-corrected chi connectivity index (χ0v) is 13.9. The molecule has 2 aromatic carbocycles. The van der Waals surface area contributed by atoms with Crippen LogP contribution in [0.25, 0.3) is 0 Å². The van der Waals surface area contributed by atoms with Gasteiger partial charge in [-0.1, -0.05) is 17.7 Å². The van der Waals surface area contributed by atoms with Crippen molar-refractivity contribution in [2.45, 2.75) is 12.5 Å². The average molecular weight is 345 g/mol. The van der Waals surface area contributed by atoms with Crippen LogP contribution in [0.1, 0.15) is 16.8 Å². The molecule has 0 saturated carbocycles. The van der Waals surface area contributed by atoms with Crippen molar-refractivity contribution in [1.82, 2.24) is 5.32 Å². The summed E-state index contributed by atoms with van der Waals surface area (Å²) in [6.45, 7) is 0.436. The number of hydrogen-bond donors (Lipinski definition) is 1. The Morgan fingerprint density at radius 2 is 2.00 bits per heavy atom. The summed E-state index contributed by atoms with van der Waals surface area (Å²) in [5, 5.41) is 3.47. The Morgan fingerprint density at radius 1 is 1.25 bits per heavy atom. The molecule has 6 heteroatoms. The normalized spacial score (nSPS) is 17.0. The first-order chi connectivity index (χ1) is 11.6. The van der Waals surface area contributed by atoms with Gasteiger partial charge in [0.25, 0.3) is 5.91 Å². The van der Waals surface area contributed by atoms with Gasteiger partial charge in [-0.25, -0.2) is 0 Å². The number of hydrogen-bond acceptors (Lipinski definition) is 3. The predicted octanol–water partition coefficient (Wildman–Crippen LogP) is 2.88. The third-order valence-corrected chi connectivity index (χ3v) is 4.18. The standard InChI is InChI=1S/C18H17ClN2O3/c1-24-16-4-2-3-15(10-16)21-11-14(9-17(21)22)20-18(23)12-5-7-13(19)8-6-12/h2-8,10,14H,9,11H2,1H3,(H,20,23)/t14-/m1/s1. The molecular weight excluding hydrogens is 328 g/mol. The fraction of sp³-hybridized carbons (Fsp3) is 0.222. The van der Waals surface area contributed by atoms with E-state index < -0.39 is 0 Å². The summed E-state index contributed by atoms with van der Waals surface area (Å²) in [4.78, 5) is 26.2. The van der Waals surface area contributed by atoms with Gasteiger partial charge in [-0.15, -0.1) is 0 Å². The molecule has 0 aromatic heterocycles. The highest BCUT2D eigenvalue weighted by atomic mass is 35.5. The molecule has 0 aliphatic carbocycles. The Balaban J connectivity index is 1.68. The highest BCUT2D eigenvalue weighted by molar-refractivity contribution is 6.30. The van der Waals surface area contributed by atoms with E-state index in [0.29, 0.717) is 22.9 Å². The van der Waals surface area contributed by atoms with Gasteiger partial charge in [0, 0.05) is 35.3 Å². The van der Waals surface area contributed by atoms with Crippen molar-refractivity contribution in [2.24, 2.45) is 0 Å². The van der Waals surface area contributed by atoms with Crippen LogP contribution in [0.4, 0.5) is 5.69 Å². The molecule has 2 amide bonds. The minimum atomic E-state index is -0.230. The van der Waals surface area contributed by atoms with E-state index >= 15 is 0 Å². The zero-order chi connectivity index (χ0) is 17.1. The summed E-state index contributed by atoms with van der Waals surface area (Å²) in [6, 6.07) is 13.7. The average Bonchev–Trinajstić information content (AvgIpc) is 2.95. The predicted molar refractivity (Wildman–Crippen MR) is 92.7 cm³/mol. The topological polar surface area (TPSA) is 58.6 Å². The number of ether oxygens (including phenoxy) is 1. The van der Waals surface area contributed by atoms with Crippen molar-refractivity contribution in [3.63, 3.8) is 0 Å². The zero-order valence-electron chi connectivity index (χ0n) is 13.2. The second-order valence-electron chi connectivity index (χ2n) is 5.59. The fourth-order valence-corrected chi connectivity index (χ4v) is 2.83. The maximum absolute atomic E-state index is 12.3. The molecule has 1 saturated heterocycles. The van der Waals surface area contributed by atoms with Crippen molar-refractivity contribution in [1.29, 1.82) is 0 Å². The third kappa shape index (κ3) is 3.51. The molecule has 1 heterocycles. The number of carbonyl (C=O) groups excluding carboxylic acids is 2. The van der Waals surface area contributed by atoms with E-state index in [1.54, 1.807) is 42.3 Å². The molecule has 1 fully saturated rings. The molecular formula is C18H17ClN2O3. The molecule has 5 nitrogen and oxygen atoms in total. The SMILES string of the molecule is COc1cccc(N2C[C@H](NC(=O)c3ccc(Cl)cc3)CC2=O)c1. The first-order valence-electron chi connectivity index (χ1n) is 7.57. The molecule has 0 unspecified atom stereocenters. The molecule has 24 heavy (non-hydrogen) atoms. The van der Waals surface area contributed by atoms with Crippen LogP contribution in [0, 0.1) is 0 Å². The van der Waals surface area contributed by atoms with Crippen molar-refractivity contribution in [3.8, 4) is 5.75 Å². The largest absolute Gasteiger partial charge is 0.497 e. The lowest BCUT2D eigenvalue weighted by Crippen LogP contribution is -2.37. The number of methoxy groups -OCH3 is 1. The van der Waals surface area contributed by atoms with Crippen molar-refractivity contribution < 1.29 is 14.3 Å². The van der Waals surface area contributed by atoms with Crippen LogP contribution in [0.3, 0.4) is 0 Å². The van der Waals surface area contributed by atoms with Gasteiger partial charge in [0.1, 0.15) is 5.75 Å². The number of halogens is 1. The Hall–Kier alpha value is -2.53. The lowest BCUT2D eigenvalue weighted by molar-refractivity contribution is -0.117. The highest BCUT2D eigenvalue weighted by Crippen LogP contribution is 2.25. The number of amides is 2. The van der Waals surface area contributed by atoms with Gasteiger partial charge in [0.15, 0.2) is 0 Å². The Kier molecular flexibility index (Phi) is 4.71. The van der Waals surface area contributed by atoms with E-state index in [1.165, 1.54) is 0 Å². The molecule has 2 aromatic rings. The molecule has 0 spiro atoms. The van der Waals surface area contributed by atoms with Gasteiger partial charge < -0.3 is 15.0 Å². The fourth-order valence-electron chi connectivity index (χ4n) is 2.70. The van der Waals surface area contributed by atoms with Gasteiger partial charge in [-0.05, 0) is 36.4 Å². The van der Waals surface area contributed by atoms with Crippen LogP contribution in [-0.4, -0.2) is 31.5 Å². The van der Waals surface area contributed by atoms with Crippen LogP contribution < -0.4 is 15.0 Å². The van der Waals surface area contributed by atoms with Gasteiger partial charge >= 0.3 is 0 Å². The summed E-state index contributed by atoms with van der Waals surface area (Å²) in [5.41, 5.74) is 1.29. The molecule has 1 N–H and O–H groups in total. The summed E-state index contributed by atoms with van der Waals surface area (Å²) in [5.74, 6) is 0.454. The van der Waals surface area contributed by atoms with Crippen LogP contribution in [0.2, 0.25) is 5.02 Å². The van der Waals surface area contributed by atoms with Crippen LogP contribution >= 0.6 is 11.6 Å². The van der Waals surface area contributed by atoms with Crippen molar-refractivity contribution in [3.05, 3.63) is 59.1 Å². The van der Waals surface area contributed by atoms with Gasteiger partial charge in [-0.2, -0.15) is 0 Å². The minimum Gasteiger partial charge on any atom is -0.497 e. The second kappa shape index (κ2) is 6.93. The number of anilines is 1. The molecule has 1 atom stereocenters. The van der Waals surface area contributed by atoms with Crippen LogP contribution in [0.15, 0.2) is 48.5 Å². The number of nitrogens with one attached hydrogen (secondary N) is 1. The number of nitrogens with zero attached hydrogens (tertiary/aromatic N) is 1. The van der Waals surface area contributed by atoms with Crippen LogP contribution in [0.5, 0.6) is 5.75 Å². The minimum absolute atomic E-state index is 0.0235. The smallest absolute Gasteiger partial charge is 0.251 e. The van der Waals surface area contributed by atoms with E-state index in [2.05, 4.69) is 5.32 Å². The lowest BCUT2D eigenvalue weighted by atomic mass is 10.2. The summed E-state index contributed by atoms with van der Waals surface area (Å²) in [6.07, 6.45) is 0.274. The van der Waals surface area contributed by atoms with Crippen molar-refractivity contribution in [2.75, 3.05) is 18.6 Å². The number of rotatable bonds is 4. The maximum atomic E-state index is 12.3. The van der Waals surface area contributed by atoms with Gasteiger partial charge in [0.05, 0.1) is 13.2 Å². The van der Waals surface area contributed by atoms with E-state index in [0.717, 1.165) is 5.69 Å². The Morgan fingerprint density at radius 3 is 2.71 bits per heavy atom. The van der Waals surface area contributed by atoms with Gasteiger partial charge in [0.2, 0.25) is 5.91 Å². The van der Waals surface area contributed by atoms with E-state index in [4.69, 9.17) is 16.3 Å². The Bertz CT molecular complexity index is 761. The third-order valence-electron chi connectivity index (χ3n) is 3.93. The molecule has 3 rings (SSSR count). The Labute approximate surface area is 145 Å². The first kappa shape index (κ1) is 16.3. The van der Waals surface area contributed by atoms with Crippen molar-refractivity contribution >= 4 is 29.1 Å². The van der Waals surface area contributed by atoms with E-state index in [9.17, 15) is 9.59 Å². The van der Waals surface area contributed by atoms with E-state index in [-0.39, 0.29) is 24.3 Å². The summed E-state index contributed by atoms with van der Waals surface area (Å²) >= 11 is 5.82. The maximum Gasteiger partial charge on any atom is 0.251 e. The number of benzene rings is 2. The first-order valence-corrected chi connectivity index (χ1v) is 7.95. The summed E-state index contributed by atoms with van der Waals surface area (Å²) in [7, 11) is 1.58. The molecule has 0 bridgehead atoms. The molecule has 1 aliphatic rings. The molecule has 0 radical (unpaired) electrons. The molecule has 1 aliphatic heterocycles. The van der Waals surface area contributed by atoms with Crippen LogP contribution in [-0.2, 0) is 4.79 Å². The highest BCUT2D eigenvalue weighted by Gasteiger charge is 2.31. The quantitative estimate of drug-likeness (QED) is 0.927. The second-order valence-corrected chi connectivity index (χ2v) is 6.02. The molecule has 124 valence electrons. The number of carbonyl (C=O) groups is 2. The summed E-state index contributed by atoms with van der Waals surface area (Å²) < 4.78 is 5.19. The van der Waals surface area contributed by atoms with E-state index in [1.807, 2.05) is 18.2 Å².